The van der Waals surface area contributed by atoms with E-state index in [9.17, 15) is 0 Å². The lowest BCUT2D eigenvalue weighted by molar-refractivity contribution is 0.0318. The fourth-order valence-electron chi connectivity index (χ4n) is 1.71. The van der Waals surface area contributed by atoms with Gasteiger partial charge in [-0.05, 0) is 51.9 Å². The van der Waals surface area contributed by atoms with Crippen molar-refractivity contribution in [2.75, 3.05) is 32.8 Å². The van der Waals surface area contributed by atoms with E-state index in [4.69, 9.17) is 4.74 Å². The van der Waals surface area contributed by atoms with E-state index >= 15 is 0 Å². The van der Waals surface area contributed by atoms with Crippen LogP contribution in [0.2, 0.25) is 0 Å². The van der Waals surface area contributed by atoms with Gasteiger partial charge < -0.3 is 15.4 Å². The van der Waals surface area contributed by atoms with Gasteiger partial charge in [-0.25, -0.2) is 0 Å². The number of hydrogen-bond donors (Lipinski definition) is 2. The zero-order valence-corrected chi connectivity index (χ0v) is 9.35. The molecule has 0 saturated carbocycles. The summed E-state index contributed by atoms with van der Waals surface area (Å²) in [6, 6.07) is 0. The maximum absolute atomic E-state index is 5.78. The molecular weight excluding hydrogens is 176 g/mol. The summed E-state index contributed by atoms with van der Waals surface area (Å²) in [5.41, 5.74) is 0. The Labute approximate surface area is 87.6 Å². The average Bonchev–Trinajstić information content (AvgIpc) is 2.25. The van der Waals surface area contributed by atoms with Crippen molar-refractivity contribution in [1.82, 2.24) is 10.6 Å². The second kappa shape index (κ2) is 8.21. The van der Waals surface area contributed by atoms with Crippen LogP contribution in [0, 0.1) is 0 Å². The standard InChI is InChI=1S/C11H24N2O/c1-2-6-12-7-3-10-14-11-4-8-13-9-5-11/h11-13H,2-10H2,1H3. The minimum absolute atomic E-state index is 0.516. The van der Waals surface area contributed by atoms with Crippen molar-refractivity contribution in [3.63, 3.8) is 0 Å². The lowest BCUT2D eigenvalue weighted by atomic mass is 10.1. The van der Waals surface area contributed by atoms with Crippen molar-refractivity contribution in [3.8, 4) is 0 Å². The van der Waals surface area contributed by atoms with Gasteiger partial charge in [-0.1, -0.05) is 6.92 Å². The molecule has 0 aromatic heterocycles. The first kappa shape index (κ1) is 12.0. The van der Waals surface area contributed by atoms with Crippen LogP contribution >= 0.6 is 0 Å². The molecule has 0 bridgehead atoms. The van der Waals surface area contributed by atoms with E-state index in [1.165, 1.54) is 19.3 Å². The SMILES string of the molecule is CCCNCCCOC1CCNCC1. The summed E-state index contributed by atoms with van der Waals surface area (Å²) in [6.07, 6.45) is 5.24. The van der Waals surface area contributed by atoms with Gasteiger partial charge in [0.15, 0.2) is 0 Å². The molecule has 84 valence electrons. The normalized spacial score (nSPS) is 18.6. The van der Waals surface area contributed by atoms with Crippen molar-refractivity contribution in [3.05, 3.63) is 0 Å². The Balaban J connectivity index is 1.82. The largest absolute Gasteiger partial charge is 0.378 e. The van der Waals surface area contributed by atoms with Gasteiger partial charge in [0.05, 0.1) is 6.10 Å². The van der Waals surface area contributed by atoms with Gasteiger partial charge >= 0.3 is 0 Å². The Hall–Kier alpha value is -0.120. The molecule has 3 nitrogen and oxygen atoms in total. The Kier molecular flexibility index (Phi) is 7.01. The molecule has 3 heteroatoms. The van der Waals surface area contributed by atoms with E-state index in [-0.39, 0.29) is 0 Å². The molecule has 0 radical (unpaired) electrons. The first-order valence-corrected chi connectivity index (χ1v) is 5.96. The minimum atomic E-state index is 0.516. The van der Waals surface area contributed by atoms with Crippen LogP contribution in [0.1, 0.15) is 32.6 Å². The first-order valence-electron chi connectivity index (χ1n) is 5.96. The molecule has 14 heavy (non-hydrogen) atoms. The highest BCUT2D eigenvalue weighted by atomic mass is 16.5. The second-order valence-electron chi connectivity index (χ2n) is 3.92. The molecule has 0 aromatic rings. The van der Waals surface area contributed by atoms with Gasteiger partial charge in [0.2, 0.25) is 0 Å². The number of nitrogens with one attached hydrogen (secondary N) is 2. The van der Waals surface area contributed by atoms with E-state index in [0.29, 0.717) is 6.10 Å². The monoisotopic (exact) mass is 200 g/mol. The third-order valence-corrected chi connectivity index (χ3v) is 2.56. The van der Waals surface area contributed by atoms with Gasteiger partial charge in [0, 0.05) is 6.61 Å². The van der Waals surface area contributed by atoms with Crippen LogP contribution in [-0.2, 0) is 4.74 Å². The molecule has 1 aliphatic rings. The zero-order valence-electron chi connectivity index (χ0n) is 9.35. The third-order valence-electron chi connectivity index (χ3n) is 2.56. The van der Waals surface area contributed by atoms with Gasteiger partial charge in [-0.15, -0.1) is 0 Å². The Morgan fingerprint density at radius 3 is 2.79 bits per heavy atom. The maximum atomic E-state index is 5.78. The number of piperidine rings is 1. The molecule has 1 fully saturated rings. The number of rotatable bonds is 7. The molecule has 0 aliphatic carbocycles. The quantitative estimate of drug-likeness (QED) is 0.605. The molecule has 1 saturated heterocycles. The molecule has 0 aromatic carbocycles. The van der Waals surface area contributed by atoms with Gasteiger partial charge in [-0.2, -0.15) is 0 Å². The summed E-state index contributed by atoms with van der Waals surface area (Å²) in [5.74, 6) is 0. The van der Waals surface area contributed by atoms with Gasteiger partial charge in [0.1, 0.15) is 0 Å². The maximum Gasteiger partial charge on any atom is 0.0599 e. The topological polar surface area (TPSA) is 33.3 Å². The van der Waals surface area contributed by atoms with Crippen LogP contribution in [0.5, 0.6) is 0 Å². The van der Waals surface area contributed by atoms with Gasteiger partial charge in [0.25, 0.3) is 0 Å². The summed E-state index contributed by atoms with van der Waals surface area (Å²) < 4.78 is 5.78. The highest BCUT2D eigenvalue weighted by Crippen LogP contribution is 2.06. The van der Waals surface area contributed by atoms with Crippen LogP contribution < -0.4 is 10.6 Å². The van der Waals surface area contributed by atoms with Crippen LogP contribution in [0.4, 0.5) is 0 Å². The van der Waals surface area contributed by atoms with Crippen molar-refractivity contribution in [1.29, 1.82) is 0 Å². The number of ether oxygens (including phenoxy) is 1. The van der Waals surface area contributed by atoms with E-state index < -0.39 is 0 Å². The summed E-state index contributed by atoms with van der Waals surface area (Å²) in [4.78, 5) is 0. The van der Waals surface area contributed by atoms with Crippen LogP contribution in [0.3, 0.4) is 0 Å². The van der Waals surface area contributed by atoms with E-state index in [2.05, 4.69) is 17.6 Å². The summed E-state index contributed by atoms with van der Waals surface area (Å²) in [6.45, 7) is 7.59. The predicted octanol–water partition coefficient (Wildman–Crippen LogP) is 1.14. The Morgan fingerprint density at radius 1 is 1.29 bits per heavy atom. The van der Waals surface area contributed by atoms with Crippen LogP contribution in [0.25, 0.3) is 0 Å². The van der Waals surface area contributed by atoms with Gasteiger partial charge in [-0.3, -0.25) is 0 Å². The molecule has 0 atom stereocenters. The van der Waals surface area contributed by atoms with Crippen molar-refractivity contribution < 1.29 is 4.74 Å². The Bertz CT molecular complexity index is 124. The average molecular weight is 200 g/mol. The highest BCUT2D eigenvalue weighted by molar-refractivity contribution is 4.67. The molecule has 0 spiro atoms. The van der Waals surface area contributed by atoms with E-state index in [1.54, 1.807) is 0 Å². The number of hydrogen-bond acceptors (Lipinski definition) is 3. The van der Waals surface area contributed by atoms with Crippen molar-refractivity contribution in [2.45, 2.75) is 38.7 Å². The molecule has 1 aliphatic heterocycles. The minimum Gasteiger partial charge on any atom is -0.378 e. The van der Waals surface area contributed by atoms with E-state index in [1.807, 2.05) is 0 Å². The van der Waals surface area contributed by atoms with Crippen molar-refractivity contribution >= 4 is 0 Å². The molecule has 2 N–H and O–H groups in total. The highest BCUT2D eigenvalue weighted by Gasteiger charge is 2.12. The molecule has 0 unspecified atom stereocenters. The molecule has 1 rings (SSSR count). The lowest BCUT2D eigenvalue weighted by Crippen LogP contribution is -2.33. The second-order valence-corrected chi connectivity index (χ2v) is 3.92. The smallest absolute Gasteiger partial charge is 0.0599 e. The summed E-state index contributed by atoms with van der Waals surface area (Å²) in [5, 5.41) is 6.72. The summed E-state index contributed by atoms with van der Waals surface area (Å²) in [7, 11) is 0. The first-order chi connectivity index (χ1) is 6.93. The predicted molar refractivity (Wildman–Crippen MR) is 59.6 cm³/mol. The van der Waals surface area contributed by atoms with Crippen molar-refractivity contribution in [2.24, 2.45) is 0 Å². The zero-order chi connectivity index (χ0) is 10.1. The Morgan fingerprint density at radius 2 is 2.07 bits per heavy atom. The summed E-state index contributed by atoms with van der Waals surface area (Å²) >= 11 is 0. The van der Waals surface area contributed by atoms with Crippen LogP contribution in [0.15, 0.2) is 0 Å². The molecular formula is C11H24N2O. The fourth-order valence-corrected chi connectivity index (χ4v) is 1.71. The van der Waals surface area contributed by atoms with Crippen LogP contribution in [-0.4, -0.2) is 38.9 Å². The lowest BCUT2D eigenvalue weighted by Gasteiger charge is -2.22. The molecule has 1 heterocycles. The third kappa shape index (κ3) is 5.58. The fraction of sp³-hybridized carbons (Fsp3) is 1.00. The molecule has 0 amide bonds. The van der Waals surface area contributed by atoms with E-state index in [0.717, 1.165) is 39.2 Å².